The Morgan fingerprint density at radius 1 is 1.50 bits per heavy atom. The van der Waals surface area contributed by atoms with Gasteiger partial charge in [0, 0.05) is 39.5 Å². The summed E-state index contributed by atoms with van der Waals surface area (Å²) >= 11 is 2.16. The molecule has 0 spiro atoms. The summed E-state index contributed by atoms with van der Waals surface area (Å²) in [6.07, 6.45) is 0. The van der Waals surface area contributed by atoms with Gasteiger partial charge in [-0.05, 0) is 32.4 Å². The van der Waals surface area contributed by atoms with E-state index < -0.39 is 0 Å². The molecule has 0 unspecified atom stereocenters. The quantitative estimate of drug-likeness (QED) is 0.629. The number of nitrogens with one attached hydrogen (secondary N) is 1. The van der Waals surface area contributed by atoms with Crippen molar-refractivity contribution in [2.45, 2.75) is 0 Å². The van der Waals surface area contributed by atoms with E-state index in [4.69, 9.17) is 0 Å². The minimum atomic E-state index is 1.05. The second-order valence-corrected chi connectivity index (χ2v) is 3.81. The van der Waals surface area contributed by atoms with Crippen molar-refractivity contribution in [2.75, 3.05) is 12.4 Å². The van der Waals surface area contributed by atoms with E-state index in [2.05, 4.69) is 37.7 Å². The van der Waals surface area contributed by atoms with Crippen LogP contribution in [0.2, 0.25) is 0 Å². The minimum absolute atomic E-state index is 1.05. The van der Waals surface area contributed by atoms with Gasteiger partial charge in [0.2, 0.25) is 0 Å². The Kier molecular flexibility index (Phi) is 4.33. The van der Waals surface area contributed by atoms with Crippen LogP contribution in [0.15, 0.2) is 24.3 Å². The highest BCUT2D eigenvalue weighted by molar-refractivity contribution is 14.2. The molecule has 0 saturated carbocycles. The lowest BCUT2D eigenvalue weighted by molar-refractivity contribution is 1.50. The smallest absolute Gasteiger partial charge is 0.0350 e. The van der Waals surface area contributed by atoms with Crippen molar-refractivity contribution in [1.82, 2.24) is 0 Å². The molecule has 0 bridgehead atoms. The molecule has 62 valence electrons. The molecule has 0 heterocycles. The monoisotopic (exact) mass is 289 g/mol. The van der Waals surface area contributed by atoms with Crippen LogP contribution in [0, 0.1) is 11.2 Å². The highest BCUT2D eigenvalue weighted by Crippen LogP contribution is 2.11. The van der Waals surface area contributed by atoms with Crippen LogP contribution >= 0.6 is 30.1 Å². The summed E-state index contributed by atoms with van der Waals surface area (Å²) < 4.78 is 0. The fourth-order valence-electron chi connectivity index (χ4n) is 0.831. The van der Waals surface area contributed by atoms with Crippen molar-refractivity contribution in [1.29, 1.82) is 0 Å². The van der Waals surface area contributed by atoms with Crippen LogP contribution in [0.5, 0.6) is 0 Å². The summed E-state index contributed by atoms with van der Waals surface area (Å²) in [6, 6.07) is 8.04. The molecule has 0 fully saturated rings. The predicted octanol–water partition coefficient (Wildman–Crippen LogP) is 3.12. The van der Waals surface area contributed by atoms with Crippen LogP contribution < -0.4 is 5.32 Å². The summed E-state index contributed by atoms with van der Waals surface area (Å²) in [6.45, 7) is 0. The van der Waals surface area contributed by atoms with E-state index in [-0.39, 0.29) is 0 Å². The summed E-state index contributed by atoms with van der Waals surface area (Å²) in [5, 5.41) is 6.01. The summed E-state index contributed by atoms with van der Waals surface area (Å²) in [4.78, 5) is 0. The second kappa shape index (κ2) is 5.33. The zero-order valence-corrected chi connectivity index (χ0v) is 9.57. The Labute approximate surface area is 88.9 Å². The van der Waals surface area contributed by atoms with Crippen LogP contribution in [-0.2, 0) is 0 Å². The van der Waals surface area contributed by atoms with Crippen LogP contribution in [0.25, 0.3) is 0 Å². The lowest BCUT2D eigenvalue weighted by atomic mass is 10.2. The van der Waals surface area contributed by atoms with E-state index in [0.717, 1.165) is 11.3 Å². The van der Waals surface area contributed by atoms with Crippen LogP contribution in [-0.4, -0.2) is 7.05 Å². The molecule has 0 aliphatic heterocycles. The highest BCUT2D eigenvalue weighted by Gasteiger charge is 1.88. The van der Waals surface area contributed by atoms with E-state index in [9.17, 15) is 0 Å². The first-order valence-electron chi connectivity index (χ1n) is 3.43. The Bertz CT molecular complexity index is 314. The van der Waals surface area contributed by atoms with Crippen molar-refractivity contribution in [2.24, 2.45) is 0 Å². The molecule has 0 aliphatic rings. The Morgan fingerprint density at radius 3 is 3.00 bits per heavy atom. The first-order valence-corrected chi connectivity index (χ1v) is 6.79. The molecule has 0 amide bonds. The lowest BCUT2D eigenvalue weighted by Crippen LogP contribution is -1.87. The SMILES string of the molecule is CNc1cccc(C#CSI)c1. The molecule has 0 saturated heterocycles. The third-order valence-electron chi connectivity index (χ3n) is 1.39. The number of anilines is 1. The van der Waals surface area contributed by atoms with Gasteiger partial charge in [0.1, 0.15) is 0 Å². The summed E-state index contributed by atoms with van der Waals surface area (Å²) in [7, 11) is 3.40. The van der Waals surface area contributed by atoms with E-state index in [1.54, 1.807) is 0 Å². The molecule has 1 nitrogen and oxygen atoms in total. The standard InChI is InChI=1S/C9H8INS/c1-11-9-4-2-3-8(7-9)5-6-12-10/h2-4,7,11H,1H3. The van der Waals surface area contributed by atoms with Gasteiger partial charge in [-0.15, -0.1) is 0 Å². The maximum absolute atomic E-state index is 3.07. The van der Waals surface area contributed by atoms with Crippen LogP contribution in [0.1, 0.15) is 5.56 Å². The van der Waals surface area contributed by atoms with Crippen LogP contribution in [0.3, 0.4) is 0 Å². The van der Waals surface area contributed by atoms with E-state index in [1.807, 2.05) is 31.3 Å². The predicted molar refractivity (Wildman–Crippen MR) is 64.5 cm³/mol. The van der Waals surface area contributed by atoms with Crippen LogP contribution in [0.4, 0.5) is 5.69 Å². The third-order valence-corrected chi connectivity index (χ3v) is 2.23. The van der Waals surface area contributed by atoms with Gasteiger partial charge in [-0.25, -0.2) is 0 Å². The number of halogens is 1. The number of benzene rings is 1. The second-order valence-electron chi connectivity index (χ2n) is 2.14. The lowest BCUT2D eigenvalue weighted by Gasteiger charge is -1.98. The Hall–Kier alpha value is -0.340. The average Bonchev–Trinajstić information content (AvgIpc) is 2.15. The molecule has 0 aliphatic carbocycles. The minimum Gasteiger partial charge on any atom is -0.388 e. The number of hydrogen-bond acceptors (Lipinski definition) is 2. The molecule has 1 rings (SSSR count). The first-order chi connectivity index (χ1) is 5.86. The maximum atomic E-state index is 3.07. The van der Waals surface area contributed by atoms with Gasteiger partial charge in [0.25, 0.3) is 0 Å². The molecular weight excluding hydrogens is 281 g/mol. The average molecular weight is 289 g/mol. The Morgan fingerprint density at radius 2 is 2.33 bits per heavy atom. The highest BCUT2D eigenvalue weighted by atomic mass is 127. The fourth-order valence-corrected chi connectivity index (χ4v) is 1.32. The van der Waals surface area contributed by atoms with E-state index >= 15 is 0 Å². The molecule has 3 heteroatoms. The molecule has 0 radical (unpaired) electrons. The van der Waals surface area contributed by atoms with Gasteiger partial charge < -0.3 is 5.32 Å². The zero-order chi connectivity index (χ0) is 8.81. The number of rotatable bonds is 1. The van der Waals surface area contributed by atoms with Crippen molar-refractivity contribution in [3.05, 3.63) is 29.8 Å². The van der Waals surface area contributed by atoms with Gasteiger partial charge >= 0.3 is 0 Å². The van der Waals surface area contributed by atoms with Gasteiger partial charge in [-0.3, -0.25) is 0 Å². The largest absolute Gasteiger partial charge is 0.388 e. The number of hydrogen-bond donors (Lipinski definition) is 1. The topological polar surface area (TPSA) is 12.0 Å². The molecule has 1 aromatic rings. The molecular formula is C9H8INS. The van der Waals surface area contributed by atoms with Gasteiger partial charge in [-0.2, -0.15) is 0 Å². The van der Waals surface area contributed by atoms with Crippen molar-refractivity contribution in [3.63, 3.8) is 0 Å². The van der Waals surface area contributed by atoms with Gasteiger partial charge in [0.05, 0.1) is 0 Å². The van der Waals surface area contributed by atoms with E-state index in [0.29, 0.717) is 0 Å². The molecule has 1 aromatic carbocycles. The van der Waals surface area contributed by atoms with Gasteiger partial charge in [0.15, 0.2) is 0 Å². The molecule has 0 atom stereocenters. The molecule has 0 aromatic heterocycles. The molecule has 12 heavy (non-hydrogen) atoms. The summed E-state index contributed by atoms with van der Waals surface area (Å²) in [5.41, 5.74) is 2.14. The van der Waals surface area contributed by atoms with Crippen molar-refractivity contribution >= 4 is 35.8 Å². The first kappa shape index (κ1) is 9.75. The van der Waals surface area contributed by atoms with Crippen molar-refractivity contribution in [3.8, 4) is 11.2 Å². The fraction of sp³-hybridized carbons (Fsp3) is 0.111. The third kappa shape index (κ3) is 2.95. The normalized spacial score (nSPS) is 8.50. The zero-order valence-electron chi connectivity index (χ0n) is 6.60. The van der Waals surface area contributed by atoms with E-state index in [1.165, 1.54) is 8.93 Å². The Balaban J connectivity index is 2.86. The van der Waals surface area contributed by atoms with Gasteiger partial charge in [-0.1, -0.05) is 12.0 Å². The van der Waals surface area contributed by atoms with Crippen molar-refractivity contribution < 1.29 is 0 Å². The summed E-state index contributed by atoms with van der Waals surface area (Å²) in [5.74, 6) is 3.03. The maximum Gasteiger partial charge on any atom is 0.0350 e. The molecule has 1 N–H and O–H groups in total.